The van der Waals surface area contributed by atoms with Crippen molar-refractivity contribution in [3.05, 3.63) is 70.8 Å². The molecule has 35 heavy (non-hydrogen) atoms. The van der Waals surface area contributed by atoms with Crippen molar-refractivity contribution in [2.75, 3.05) is 32.8 Å². The van der Waals surface area contributed by atoms with Crippen molar-refractivity contribution in [2.24, 2.45) is 5.41 Å². The van der Waals surface area contributed by atoms with Gasteiger partial charge in [0, 0.05) is 44.1 Å². The van der Waals surface area contributed by atoms with Crippen molar-refractivity contribution in [3.63, 3.8) is 0 Å². The van der Waals surface area contributed by atoms with Crippen LogP contribution in [-0.2, 0) is 0 Å². The number of hydrogen-bond acceptors (Lipinski definition) is 4. The molecule has 0 radical (unpaired) electrons. The number of aromatic amines is 1. The van der Waals surface area contributed by atoms with E-state index in [0.717, 1.165) is 49.4 Å². The summed E-state index contributed by atoms with van der Waals surface area (Å²) in [6.45, 7) is 15.8. The van der Waals surface area contributed by atoms with Crippen LogP contribution in [0.1, 0.15) is 53.9 Å². The second-order valence-corrected chi connectivity index (χ2v) is 9.55. The summed E-state index contributed by atoms with van der Waals surface area (Å²) in [6.07, 6.45) is 12.3. The zero-order valence-electron chi connectivity index (χ0n) is 22.1. The Kier molecular flexibility index (Phi) is 9.61. The average Bonchev–Trinajstić information content (AvgIpc) is 3.41. The fourth-order valence-corrected chi connectivity index (χ4v) is 4.02. The average molecular weight is 479 g/mol. The third kappa shape index (κ3) is 7.01. The van der Waals surface area contributed by atoms with Gasteiger partial charge in [-0.15, -0.1) is 0 Å². The van der Waals surface area contributed by atoms with Crippen molar-refractivity contribution in [3.8, 4) is 5.75 Å². The lowest BCUT2D eigenvalue weighted by molar-refractivity contribution is 0.175. The number of piperazine rings is 1. The monoisotopic (exact) mass is 478 g/mol. The zero-order chi connectivity index (χ0) is 25.3. The molecular weight excluding hydrogens is 436 g/mol. The first kappa shape index (κ1) is 26.6. The maximum absolute atomic E-state index is 12.0. The number of ether oxygens (including phenoxy) is 1. The second kappa shape index (κ2) is 12.6. The number of nitrogens with one attached hydrogen (secondary N) is 2. The standard InChI is InChI=1S/C17H20N2O2.C10H16N2.C2H6/c1-4-17(2,3)11-21-12-7-8-14-13(10-12)18-16(20)15-6-5-9-19(14)15;1-2-4-10(5-3-1)12-8-6-11-7-9-12;1-2/h5-10H,4,11H2,1-3H3,(H,18,20);2,4-5,11H,1,3,6-9H2;1-2H3. The summed E-state index contributed by atoms with van der Waals surface area (Å²) in [4.78, 5) is 17.4. The molecule has 3 heterocycles. The number of fused-ring (bicyclic) bond motifs is 3. The Morgan fingerprint density at radius 1 is 1.06 bits per heavy atom. The van der Waals surface area contributed by atoms with E-state index in [9.17, 15) is 4.79 Å². The molecule has 2 aliphatic rings. The Bertz CT molecular complexity index is 1200. The van der Waals surface area contributed by atoms with Gasteiger partial charge in [0.05, 0.1) is 17.6 Å². The minimum atomic E-state index is -0.0847. The molecule has 5 rings (SSSR count). The number of nitrogens with zero attached hydrogens (tertiary/aromatic N) is 2. The fourth-order valence-electron chi connectivity index (χ4n) is 4.02. The predicted octanol–water partition coefficient (Wildman–Crippen LogP) is 5.75. The fraction of sp³-hybridized carbons (Fsp3) is 0.483. The minimum Gasteiger partial charge on any atom is -0.493 e. The normalized spacial score (nSPS) is 15.7. The summed E-state index contributed by atoms with van der Waals surface area (Å²) in [7, 11) is 0. The van der Waals surface area contributed by atoms with Crippen LogP contribution < -0.4 is 15.6 Å². The van der Waals surface area contributed by atoms with Crippen LogP contribution in [0, 0.1) is 5.41 Å². The van der Waals surface area contributed by atoms with E-state index >= 15 is 0 Å². The van der Waals surface area contributed by atoms with Gasteiger partial charge in [0.2, 0.25) is 0 Å². The largest absolute Gasteiger partial charge is 0.493 e. The first-order valence-electron chi connectivity index (χ1n) is 13.1. The van der Waals surface area contributed by atoms with E-state index in [-0.39, 0.29) is 11.0 Å². The molecule has 1 aliphatic heterocycles. The molecule has 0 atom stereocenters. The van der Waals surface area contributed by atoms with Crippen LogP contribution in [0.5, 0.6) is 5.75 Å². The maximum atomic E-state index is 12.0. The van der Waals surface area contributed by atoms with Crippen molar-refractivity contribution < 1.29 is 4.74 Å². The second-order valence-electron chi connectivity index (χ2n) is 9.55. The SMILES string of the molecule is C1=CC(N2CCNCC2)=CCC1.CC.CCC(C)(C)COc1ccc2c(c1)[nH]c(=O)c1cccn12. The van der Waals surface area contributed by atoms with E-state index < -0.39 is 0 Å². The van der Waals surface area contributed by atoms with E-state index in [1.54, 1.807) is 0 Å². The molecule has 0 spiro atoms. The van der Waals surface area contributed by atoms with Gasteiger partial charge in [0.25, 0.3) is 5.56 Å². The molecule has 0 bridgehead atoms. The van der Waals surface area contributed by atoms with Crippen LogP contribution in [0.2, 0.25) is 0 Å². The lowest BCUT2D eigenvalue weighted by atomic mass is 9.92. The van der Waals surface area contributed by atoms with Gasteiger partial charge in [0.1, 0.15) is 11.3 Å². The van der Waals surface area contributed by atoms with Gasteiger partial charge in [-0.2, -0.15) is 0 Å². The quantitative estimate of drug-likeness (QED) is 0.490. The lowest BCUT2D eigenvalue weighted by Crippen LogP contribution is -2.42. The first-order chi connectivity index (χ1) is 17.0. The minimum absolute atomic E-state index is 0.0847. The molecule has 1 aliphatic carbocycles. The number of H-pyrrole nitrogens is 1. The Hall–Kier alpha value is -2.99. The molecule has 0 amide bonds. The number of aromatic nitrogens is 2. The van der Waals surface area contributed by atoms with E-state index in [4.69, 9.17) is 4.74 Å². The van der Waals surface area contributed by atoms with Gasteiger partial charge in [-0.25, -0.2) is 0 Å². The molecule has 1 fully saturated rings. The molecule has 6 nitrogen and oxygen atoms in total. The highest BCUT2D eigenvalue weighted by molar-refractivity contribution is 5.79. The van der Waals surface area contributed by atoms with E-state index in [1.807, 2.05) is 54.8 Å². The highest BCUT2D eigenvalue weighted by Crippen LogP contribution is 2.24. The Labute approximate surface area is 209 Å². The van der Waals surface area contributed by atoms with Crippen molar-refractivity contribution in [1.29, 1.82) is 0 Å². The number of hydrogen-bond donors (Lipinski definition) is 2. The molecule has 190 valence electrons. The van der Waals surface area contributed by atoms with Crippen molar-refractivity contribution in [2.45, 2.75) is 53.9 Å². The number of allylic oxidation sites excluding steroid dienone is 3. The summed E-state index contributed by atoms with van der Waals surface area (Å²) in [5, 5.41) is 3.36. The molecule has 3 aromatic rings. The topological polar surface area (TPSA) is 61.8 Å². The third-order valence-corrected chi connectivity index (χ3v) is 6.50. The van der Waals surface area contributed by atoms with Crippen LogP contribution in [-0.4, -0.2) is 47.1 Å². The number of rotatable bonds is 5. The maximum Gasteiger partial charge on any atom is 0.272 e. The lowest BCUT2D eigenvalue weighted by Gasteiger charge is -2.31. The predicted molar refractivity (Wildman–Crippen MR) is 147 cm³/mol. The van der Waals surface area contributed by atoms with Gasteiger partial charge in [-0.05, 0) is 55.0 Å². The van der Waals surface area contributed by atoms with E-state index in [0.29, 0.717) is 12.1 Å². The molecule has 1 aromatic carbocycles. The summed E-state index contributed by atoms with van der Waals surface area (Å²) >= 11 is 0. The molecule has 0 saturated carbocycles. The van der Waals surface area contributed by atoms with E-state index in [1.165, 1.54) is 18.5 Å². The highest BCUT2D eigenvalue weighted by atomic mass is 16.5. The van der Waals surface area contributed by atoms with Crippen LogP contribution in [0.15, 0.2) is 65.2 Å². The summed E-state index contributed by atoms with van der Waals surface area (Å²) in [5.41, 5.74) is 3.91. The van der Waals surface area contributed by atoms with Gasteiger partial charge >= 0.3 is 0 Å². The molecule has 6 heteroatoms. The molecular formula is C29H42N4O2. The highest BCUT2D eigenvalue weighted by Gasteiger charge is 2.16. The molecule has 2 N–H and O–H groups in total. The smallest absolute Gasteiger partial charge is 0.272 e. The first-order valence-corrected chi connectivity index (χ1v) is 13.1. The molecule has 1 saturated heterocycles. The Morgan fingerprint density at radius 2 is 1.83 bits per heavy atom. The Balaban J connectivity index is 0.000000207. The van der Waals surface area contributed by atoms with Crippen molar-refractivity contribution >= 4 is 16.6 Å². The van der Waals surface area contributed by atoms with Crippen LogP contribution in [0.25, 0.3) is 16.6 Å². The summed E-state index contributed by atoms with van der Waals surface area (Å²) in [5.74, 6) is 0.784. The summed E-state index contributed by atoms with van der Waals surface area (Å²) in [6, 6.07) is 9.50. The molecule has 2 aromatic heterocycles. The summed E-state index contributed by atoms with van der Waals surface area (Å²) < 4.78 is 7.77. The van der Waals surface area contributed by atoms with Crippen LogP contribution >= 0.6 is 0 Å². The molecule has 0 unspecified atom stereocenters. The van der Waals surface area contributed by atoms with Crippen LogP contribution in [0.4, 0.5) is 0 Å². The van der Waals surface area contributed by atoms with Crippen molar-refractivity contribution in [1.82, 2.24) is 19.6 Å². The van der Waals surface area contributed by atoms with Gasteiger partial charge < -0.3 is 24.3 Å². The van der Waals surface area contributed by atoms with E-state index in [2.05, 4.69) is 54.2 Å². The number of benzene rings is 1. The Morgan fingerprint density at radius 3 is 2.51 bits per heavy atom. The van der Waals surface area contributed by atoms with Gasteiger partial charge in [-0.1, -0.05) is 46.8 Å². The van der Waals surface area contributed by atoms with Gasteiger partial charge in [0.15, 0.2) is 0 Å². The van der Waals surface area contributed by atoms with Crippen LogP contribution in [0.3, 0.4) is 0 Å². The van der Waals surface area contributed by atoms with Gasteiger partial charge in [-0.3, -0.25) is 4.79 Å². The zero-order valence-corrected chi connectivity index (χ0v) is 22.1. The third-order valence-electron chi connectivity index (χ3n) is 6.50.